The second kappa shape index (κ2) is 6.98. The maximum absolute atomic E-state index is 5.39. The summed E-state index contributed by atoms with van der Waals surface area (Å²) < 4.78 is 5.39. The first-order valence-corrected chi connectivity index (χ1v) is 8.44. The Morgan fingerprint density at radius 3 is 2.84 bits per heavy atom. The average Bonchev–Trinajstić information content (AvgIpc) is 2.97. The molecule has 0 saturated carbocycles. The third-order valence-corrected chi connectivity index (χ3v) is 4.33. The van der Waals surface area contributed by atoms with E-state index in [0.29, 0.717) is 18.3 Å². The van der Waals surface area contributed by atoms with Crippen molar-refractivity contribution in [1.29, 1.82) is 0 Å². The summed E-state index contributed by atoms with van der Waals surface area (Å²) in [6.07, 6.45) is 3.50. The second-order valence-corrected chi connectivity index (χ2v) is 6.11. The van der Waals surface area contributed by atoms with Crippen LogP contribution < -0.4 is 10.2 Å². The molecule has 2 aromatic heterocycles. The minimum atomic E-state index is 0.535. The fourth-order valence-corrected chi connectivity index (χ4v) is 3.09. The highest BCUT2D eigenvalue weighted by molar-refractivity contribution is 5.52. The lowest BCUT2D eigenvalue weighted by atomic mass is 10.1. The average molecular weight is 336 g/mol. The van der Waals surface area contributed by atoms with Crippen LogP contribution in [0.3, 0.4) is 0 Å². The first-order valence-electron chi connectivity index (χ1n) is 8.44. The van der Waals surface area contributed by atoms with Crippen molar-refractivity contribution in [3.63, 3.8) is 0 Å². The molecule has 0 amide bonds. The number of hydrogen-bond acceptors (Lipinski definition) is 7. The second-order valence-electron chi connectivity index (χ2n) is 6.11. The molecule has 0 saturated heterocycles. The van der Waals surface area contributed by atoms with Gasteiger partial charge in [0.05, 0.1) is 12.2 Å². The fraction of sp³-hybridized carbons (Fsp3) is 0.333. The van der Waals surface area contributed by atoms with E-state index in [1.807, 2.05) is 37.4 Å². The fourth-order valence-electron chi connectivity index (χ4n) is 3.09. The molecule has 7 heteroatoms. The van der Waals surface area contributed by atoms with E-state index < -0.39 is 0 Å². The number of rotatable bonds is 4. The van der Waals surface area contributed by atoms with Gasteiger partial charge in [0.25, 0.3) is 5.89 Å². The van der Waals surface area contributed by atoms with E-state index in [1.54, 1.807) is 6.33 Å². The Balaban J connectivity index is 1.55. The standard InChI is InChI=1S/C18H20N6O/c1-24(17-14-7-9-19-10-8-15(14)20-12-21-17)11-16-22-18(25-23-16)13-5-3-2-4-6-13/h2-6,12,19H,7-11H2,1H3. The highest BCUT2D eigenvalue weighted by Crippen LogP contribution is 2.23. The zero-order valence-corrected chi connectivity index (χ0v) is 14.1. The van der Waals surface area contributed by atoms with Gasteiger partial charge in [-0.1, -0.05) is 23.4 Å². The lowest BCUT2D eigenvalue weighted by Crippen LogP contribution is -2.21. The zero-order valence-electron chi connectivity index (χ0n) is 14.1. The molecule has 0 atom stereocenters. The predicted octanol–water partition coefficient (Wildman–Crippen LogP) is 1.85. The predicted molar refractivity (Wildman–Crippen MR) is 94.2 cm³/mol. The smallest absolute Gasteiger partial charge is 0.257 e. The molecule has 1 N–H and O–H groups in total. The molecule has 0 bridgehead atoms. The van der Waals surface area contributed by atoms with Crippen LogP contribution in [0.1, 0.15) is 17.1 Å². The van der Waals surface area contributed by atoms with Crippen molar-refractivity contribution in [3.8, 4) is 11.5 Å². The van der Waals surface area contributed by atoms with Crippen LogP contribution in [0.15, 0.2) is 41.2 Å². The van der Waals surface area contributed by atoms with Gasteiger partial charge in [-0.05, 0) is 25.1 Å². The monoisotopic (exact) mass is 336 g/mol. The summed E-state index contributed by atoms with van der Waals surface area (Å²) in [7, 11) is 2.00. The molecule has 3 aromatic rings. The van der Waals surface area contributed by atoms with Crippen LogP contribution in [0.5, 0.6) is 0 Å². The number of nitrogens with zero attached hydrogens (tertiary/aromatic N) is 5. The van der Waals surface area contributed by atoms with Gasteiger partial charge < -0.3 is 14.7 Å². The van der Waals surface area contributed by atoms with E-state index in [0.717, 1.165) is 43.0 Å². The van der Waals surface area contributed by atoms with Gasteiger partial charge in [0.1, 0.15) is 12.1 Å². The molecule has 0 aliphatic carbocycles. The summed E-state index contributed by atoms with van der Waals surface area (Å²) in [5, 5.41) is 7.51. The van der Waals surface area contributed by atoms with Gasteiger partial charge in [0.2, 0.25) is 0 Å². The summed E-state index contributed by atoms with van der Waals surface area (Å²) >= 11 is 0. The Morgan fingerprint density at radius 1 is 1.12 bits per heavy atom. The Hall–Kier alpha value is -2.80. The van der Waals surface area contributed by atoms with Gasteiger partial charge in [0, 0.05) is 31.1 Å². The van der Waals surface area contributed by atoms with E-state index in [1.165, 1.54) is 5.56 Å². The largest absolute Gasteiger partial charge is 0.352 e. The van der Waals surface area contributed by atoms with Crippen LogP contribution in [0.25, 0.3) is 11.5 Å². The first-order chi connectivity index (χ1) is 12.3. The van der Waals surface area contributed by atoms with Gasteiger partial charge in [-0.15, -0.1) is 0 Å². The molecule has 25 heavy (non-hydrogen) atoms. The van der Waals surface area contributed by atoms with Crippen LogP contribution >= 0.6 is 0 Å². The summed E-state index contributed by atoms with van der Waals surface area (Å²) in [5.41, 5.74) is 3.26. The highest BCUT2D eigenvalue weighted by atomic mass is 16.5. The first kappa shape index (κ1) is 15.7. The zero-order chi connectivity index (χ0) is 17.1. The molecule has 0 fully saturated rings. The summed E-state index contributed by atoms with van der Waals surface area (Å²) in [6.45, 7) is 2.44. The Kier molecular flexibility index (Phi) is 4.39. The highest BCUT2D eigenvalue weighted by Gasteiger charge is 2.18. The van der Waals surface area contributed by atoms with Crippen LogP contribution in [-0.4, -0.2) is 40.2 Å². The van der Waals surface area contributed by atoms with Gasteiger partial charge in [-0.25, -0.2) is 9.97 Å². The topological polar surface area (TPSA) is 80.0 Å². The van der Waals surface area contributed by atoms with Gasteiger partial charge >= 0.3 is 0 Å². The van der Waals surface area contributed by atoms with Crippen LogP contribution in [0.4, 0.5) is 5.82 Å². The lowest BCUT2D eigenvalue weighted by molar-refractivity contribution is 0.422. The molecule has 1 aliphatic heterocycles. The summed E-state index contributed by atoms with van der Waals surface area (Å²) in [5.74, 6) is 2.12. The maximum atomic E-state index is 5.39. The number of aromatic nitrogens is 4. The van der Waals surface area contributed by atoms with Crippen molar-refractivity contribution >= 4 is 5.82 Å². The molecule has 4 rings (SSSR count). The maximum Gasteiger partial charge on any atom is 0.257 e. The van der Waals surface area contributed by atoms with Crippen LogP contribution in [0, 0.1) is 0 Å². The van der Waals surface area contributed by atoms with Crippen LogP contribution in [-0.2, 0) is 19.4 Å². The van der Waals surface area contributed by atoms with E-state index in [4.69, 9.17) is 4.52 Å². The van der Waals surface area contributed by atoms with Gasteiger partial charge in [0.15, 0.2) is 5.82 Å². The molecule has 7 nitrogen and oxygen atoms in total. The number of fused-ring (bicyclic) bond motifs is 1. The SMILES string of the molecule is CN(Cc1noc(-c2ccccc2)n1)c1ncnc2c1CCNCC2. The van der Waals surface area contributed by atoms with Crippen molar-refractivity contribution in [2.75, 3.05) is 25.0 Å². The number of nitrogens with one attached hydrogen (secondary N) is 1. The molecule has 128 valence electrons. The van der Waals surface area contributed by atoms with Gasteiger partial charge in [-0.3, -0.25) is 0 Å². The lowest BCUT2D eigenvalue weighted by Gasteiger charge is -2.20. The summed E-state index contributed by atoms with van der Waals surface area (Å²) in [4.78, 5) is 15.5. The molecule has 1 aromatic carbocycles. The van der Waals surface area contributed by atoms with E-state index in [-0.39, 0.29) is 0 Å². The molecule has 0 radical (unpaired) electrons. The van der Waals surface area contributed by atoms with E-state index in [2.05, 4.69) is 30.3 Å². The molecule has 0 unspecified atom stereocenters. The number of anilines is 1. The molecule has 0 spiro atoms. The van der Waals surface area contributed by atoms with Crippen molar-refractivity contribution < 1.29 is 4.52 Å². The Morgan fingerprint density at radius 2 is 1.96 bits per heavy atom. The number of hydrogen-bond donors (Lipinski definition) is 1. The molecular formula is C18H20N6O. The third kappa shape index (κ3) is 3.36. The van der Waals surface area contributed by atoms with Crippen molar-refractivity contribution in [2.45, 2.75) is 19.4 Å². The Bertz CT molecular complexity index is 848. The quantitative estimate of drug-likeness (QED) is 0.779. The third-order valence-electron chi connectivity index (χ3n) is 4.33. The van der Waals surface area contributed by atoms with E-state index >= 15 is 0 Å². The minimum Gasteiger partial charge on any atom is -0.352 e. The normalized spacial score (nSPS) is 14.0. The van der Waals surface area contributed by atoms with Gasteiger partial charge in [-0.2, -0.15) is 4.98 Å². The number of benzene rings is 1. The van der Waals surface area contributed by atoms with Crippen molar-refractivity contribution in [2.24, 2.45) is 0 Å². The Labute approximate surface area is 146 Å². The van der Waals surface area contributed by atoms with E-state index in [9.17, 15) is 0 Å². The van der Waals surface area contributed by atoms with Crippen LogP contribution in [0.2, 0.25) is 0 Å². The minimum absolute atomic E-state index is 0.535. The van der Waals surface area contributed by atoms with Crippen molar-refractivity contribution in [1.82, 2.24) is 25.4 Å². The molecule has 1 aliphatic rings. The van der Waals surface area contributed by atoms with Crippen molar-refractivity contribution in [3.05, 3.63) is 53.7 Å². The molecular weight excluding hydrogens is 316 g/mol. The summed E-state index contributed by atoms with van der Waals surface area (Å²) in [6, 6.07) is 9.78. The molecule has 3 heterocycles.